The Morgan fingerprint density at radius 1 is 1.11 bits per heavy atom. The van der Waals surface area contributed by atoms with E-state index in [2.05, 4.69) is 17.9 Å². The van der Waals surface area contributed by atoms with Crippen LogP contribution in [0.3, 0.4) is 0 Å². The van der Waals surface area contributed by atoms with E-state index < -0.39 is 0 Å². The van der Waals surface area contributed by atoms with Crippen LogP contribution in [0, 0.1) is 0 Å². The van der Waals surface area contributed by atoms with E-state index in [1.165, 1.54) is 0 Å². The molecule has 0 unspecified atom stereocenters. The third-order valence-electron chi connectivity index (χ3n) is 2.59. The first kappa shape index (κ1) is 14.3. The summed E-state index contributed by atoms with van der Waals surface area (Å²) >= 11 is 16.2. The van der Waals surface area contributed by atoms with Gasteiger partial charge in [0.15, 0.2) is 0 Å². The molecule has 0 atom stereocenters. The van der Waals surface area contributed by atoms with Crippen molar-refractivity contribution in [3.8, 4) is 0 Å². The second-order valence-corrected chi connectivity index (χ2v) is 5.27. The van der Waals surface area contributed by atoms with E-state index in [1.54, 1.807) is 24.3 Å². The van der Waals surface area contributed by atoms with Crippen LogP contribution in [0.1, 0.15) is 15.9 Å². The molecule has 0 fully saturated rings. The first-order valence-electron chi connectivity index (χ1n) is 5.58. The van der Waals surface area contributed by atoms with Crippen LogP contribution in [0.2, 0.25) is 10.0 Å². The molecule has 5 heteroatoms. The second-order valence-electron chi connectivity index (χ2n) is 3.94. The van der Waals surface area contributed by atoms with Gasteiger partial charge in [0.2, 0.25) is 0 Å². The van der Waals surface area contributed by atoms with Gasteiger partial charge in [-0.2, -0.15) is 0 Å². The van der Waals surface area contributed by atoms with Crippen LogP contribution < -0.4 is 5.32 Å². The lowest BCUT2D eigenvalue weighted by Crippen LogP contribution is -2.23. The molecule has 0 aromatic heterocycles. The molecule has 0 aliphatic carbocycles. The number of carbonyl (C=O) groups is 1. The molecule has 0 heterocycles. The van der Waals surface area contributed by atoms with Gasteiger partial charge in [-0.1, -0.05) is 41.4 Å². The van der Waals surface area contributed by atoms with Crippen LogP contribution in [0.5, 0.6) is 0 Å². The summed E-state index contributed by atoms with van der Waals surface area (Å²) in [6, 6.07) is 12.4. The second kappa shape index (κ2) is 6.33. The molecule has 0 radical (unpaired) electrons. The van der Waals surface area contributed by atoms with Crippen molar-refractivity contribution in [1.29, 1.82) is 0 Å². The maximum Gasteiger partial charge on any atom is 0.253 e. The largest absolute Gasteiger partial charge is 0.348 e. The van der Waals surface area contributed by atoms with Gasteiger partial charge in [-0.05, 0) is 29.8 Å². The fourth-order valence-electron chi connectivity index (χ4n) is 1.60. The Bertz CT molecular complexity index is 616. The van der Waals surface area contributed by atoms with Crippen LogP contribution in [-0.2, 0) is 6.54 Å². The molecule has 2 aromatic carbocycles. The van der Waals surface area contributed by atoms with E-state index >= 15 is 0 Å². The van der Waals surface area contributed by atoms with E-state index in [-0.39, 0.29) is 5.91 Å². The number of thiol groups is 1. The molecule has 2 nitrogen and oxygen atoms in total. The summed E-state index contributed by atoms with van der Waals surface area (Å²) < 4.78 is 0. The molecule has 0 aliphatic heterocycles. The zero-order valence-electron chi connectivity index (χ0n) is 9.86. The molecular formula is C14H11Cl2NOS. The molecule has 0 aliphatic rings. The third kappa shape index (κ3) is 3.66. The number of amides is 1. The monoisotopic (exact) mass is 311 g/mol. The topological polar surface area (TPSA) is 29.1 Å². The van der Waals surface area contributed by atoms with Gasteiger partial charge in [-0.25, -0.2) is 0 Å². The number of hydrogen-bond donors (Lipinski definition) is 2. The minimum atomic E-state index is -0.249. The van der Waals surface area contributed by atoms with Crippen LogP contribution in [0.4, 0.5) is 0 Å². The number of benzene rings is 2. The van der Waals surface area contributed by atoms with Gasteiger partial charge in [0, 0.05) is 16.5 Å². The molecule has 1 N–H and O–H groups in total. The predicted molar refractivity (Wildman–Crippen MR) is 81.3 cm³/mol. The van der Waals surface area contributed by atoms with Gasteiger partial charge in [-0.15, -0.1) is 12.6 Å². The molecule has 2 rings (SSSR count). The number of halogens is 2. The Labute approximate surface area is 127 Å². The summed E-state index contributed by atoms with van der Waals surface area (Å²) in [6.45, 7) is 0.353. The number of hydrogen-bond acceptors (Lipinski definition) is 2. The lowest BCUT2D eigenvalue weighted by atomic mass is 10.2. The fraction of sp³-hybridized carbons (Fsp3) is 0.0714. The summed E-state index contributed by atoms with van der Waals surface area (Å²) in [5, 5.41) is 3.80. The van der Waals surface area contributed by atoms with Crippen molar-refractivity contribution in [3.63, 3.8) is 0 Å². The van der Waals surface area contributed by atoms with Crippen molar-refractivity contribution in [2.75, 3.05) is 0 Å². The van der Waals surface area contributed by atoms with Crippen LogP contribution in [0.15, 0.2) is 47.4 Å². The zero-order chi connectivity index (χ0) is 13.8. The maximum atomic E-state index is 12.0. The standard InChI is InChI=1S/C14H11Cl2NOS/c15-12-4-2-1-3-9(12)8-17-14(18)11-7-10(19)5-6-13(11)16/h1-7,19H,8H2,(H,17,18). The Kier molecular flexibility index (Phi) is 4.75. The van der Waals surface area contributed by atoms with Gasteiger partial charge in [0.25, 0.3) is 5.91 Å². The van der Waals surface area contributed by atoms with Crippen molar-refractivity contribution < 1.29 is 4.79 Å². The maximum absolute atomic E-state index is 12.0. The highest BCUT2D eigenvalue weighted by Gasteiger charge is 2.10. The Morgan fingerprint density at radius 3 is 2.58 bits per heavy atom. The zero-order valence-corrected chi connectivity index (χ0v) is 12.3. The summed E-state index contributed by atoms with van der Waals surface area (Å²) in [5.74, 6) is -0.249. The van der Waals surface area contributed by atoms with Gasteiger partial charge in [-0.3, -0.25) is 4.79 Å². The van der Waals surface area contributed by atoms with Crippen molar-refractivity contribution in [3.05, 3.63) is 63.6 Å². The summed E-state index contributed by atoms with van der Waals surface area (Å²) in [5.41, 5.74) is 1.26. The average Bonchev–Trinajstić information content (AvgIpc) is 2.40. The molecule has 0 spiro atoms. The van der Waals surface area contributed by atoms with Gasteiger partial charge in [0.1, 0.15) is 0 Å². The van der Waals surface area contributed by atoms with E-state index in [4.69, 9.17) is 23.2 Å². The average molecular weight is 312 g/mol. The molecule has 0 saturated carbocycles. The smallest absolute Gasteiger partial charge is 0.253 e. The summed E-state index contributed by atoms with van der Waals surface area (Å²) in [7, 11) is 0. The highest BCUT2D eigenvalue weighted by molar-refractivity contribution is 7.80. The van der Waals surface area contributed by atoms with Gasteiger partial charge in [0.05, 0.1) is 10.6 Å². The molecule has 0 saturated heterocycles. The lowest BCUT2D eigenvalue weighted by Gasteiger charge is -2.08. The summed E-state index contributed by atoms with van der Waals surface area (Å²) in [4.78, 5) is 12.7. The Balaban J connectivity index is 2.10. The van der Waals surface area contributed by atoms with E-state index in [1.807, 2.05) is 18.2 Å². The lowest BCUT2D eigenvalue weighted by molar-refractivity contribution is 0.0951. The van der Waals surface area contributed by atoms with Gasteiger partial charge < -0.3 is 5.32 Å². The molecule has 0 bridgehead atoms. The fourth-order valence-corrected chi connectivity index (χ4v) is 2.21. The predicted octanol–water partition coefficient (Wildman–Crippen LogP) is 4.21. The number of rotatable bonds is 3. The number of nitrogens with one attached hydrogen (secondary N) is 1. The number of carbonyl (C=O) groups excluding carboxylic acids is 1. The molecule has 19 heavy (non-hydrogen) atoms. The van der Waals surface area contributed by atoms with Gasteiger partial charge >= 0.3 is 0 Å². The van der Waals surface area contributed by atoms with Crippen LogP contribution in [0.25, 0.3) is 0 Å². The van der Waals surface area contributed by atoms with Crippen LogP contribution >= 0.6 is 35.8 Å². The quantitative estimate of drug-likeness (QED) is 0.817. The molecule has 98 valence electrons. The third-order valence-corrected chi connectivity index (χ3v) is 3.57. The Hall–Kier alpha value is -1.16. The first-order valence-corrected chi connectivity index (χ1v) is 6.78. The molecule has 1 amide bonds. The van der Waals surface area contributed by atoms with Crippen LogP contribution in [-0.4, -0.2) is 5.91 Å². The van der Waals surface area contributed by atoms with Crippen molar-refractivity contribution in [2.24, 2.45) is 0 Å². The first-order chi connectivity index (χ1) is 9.08. The van der Waals surface area contributed by atoms with Crippen molar-refractivity contribution in [2.45, 2.75) is 11.4 Å². The summed E-state index contributed by atoms with van der Waals surface area (Å²) in [6.07, 6.45) is 0. The highest BCUT2D eigenvalue weighted by Crippen LogP contribution is 2.20. The van der Waals surface area contributed by atoms with E-state index in [0.29, 0.717) is 27.0 Å². The minimum absolute atomic E-state index is 0.249. The van der Waals surface area contributed by atoms with E-state index in [0.717, 1.165) is 5.56 Å². The minimum Gasteiger partial charge on any atom is -0.348 e. The van der Waals surface area contributed by atoms with E-state index in [9.17, 15) is 4.79 Å². The Morgan fingerprint density at radius 2 is 1.84 bits per heavy atom. The van der Waals surface area contributed by atoms with Crippen molar-refractivity contribution in [1.82, 2.24) is 5.32 Å². The highest BCUT2D eigenvalue weighted by atomic mass is 35.5. The normalized spacial score (nSPS) is 10.3. The molecule has 2 aromatic rings. The van der Waals surface area contributed by atoms with Crippen molar-refractivity contribution >= 4 is 41.7 Å². The molecular weight excluding hydrogens is 301 g/mol. The SMILES string of the molecule is O=C(NCc1ccccc1Cl)c1cc(S)ccc1Cl.